The predicted octanol–water partition coefficient (Wildman–Crippen LogP) is 4.59. The van der Waals surface area contributed by atoms with Crippen molar-refractivity contribution in [1.82, 2.24) is 44.4 Å². The zero-order valence-corrected chi connectivity index (χ0v) is 36.3. The van der Waals surface area contributed by atoms with Gasteiger partial charge >= 0.3 is 0 Å². The number of hydrogen-bond acceptors (Lipinski definition) is 12. The maximum atomic E-state index is 15.5. The van der Waals surface area contributed by atoms with Crippen LogP contribution in [0.25, 0.3) is 16.6 Å². The van der Waals surface area contributed by atoms with Gasteiger partial charge in [-0.2, -0.15) is 15.3 Å². The van der Waals surface area contributed by atoms with Crippen molar-refractivity contribution in [3.05, 3.63) is 65.4 Å². The summed E-state index contributed by atoms with van der Waals surface area (Å²) in [5.74, 6) is 5.36. The second-order valence-electron chi connectivity index (χ2n) is 17.3. The molecule has 4 aromatic heterocycles. The van der Waals surface area contributed by atoms with Crippen molar-refractivity contribution < 1.29 is 41.8 Å². The Morgan fingerprint density at radius 1 is 1.08 bits per heavy atom. The molecule has 1 saturated carbocycles. The third-order valence-corrected chi connectivity index (χ3v) is 13.0. The average Bonchev–Trinajstić information content (AvgIpc) is 4.02. The number of piperidine rings is 2. The molecule has 0 spiro atoms. The maximum absolute atomic E-state index is 15.5. The minimum absolute atomic E-state index is 0.0554. The number of likely N-dealkylation sites (tertiary alicyclic amines) is 1. The molecule has 17 nitrogen and oxygen atoms in total. The van der Waals surface area contributed by atoms with Gasteiger partial charge in [0, 0.05) is 71.1 Å². The first-order valence-corrected chi connectivity index (χ1v) is 22.2. The number of anilines is 2. The van der Waals surface area contributed by atoms with Crippen molar-refractivity contribution in [2.75, 3.05) is 69.9 Å². The lowest BCUT2D eigenvalue weighted by Gasteiger charge is -2.38. The quantitative estimate of drug-likeness (QED) is 0.132. The Kier molecular flexibility index (Phi) is 13.2. The molecule has 1 aliphatic carbocycles. The van der Waals surface area contributed by atoms with E-state index in [4.69, 9.17) is 19.2 Å². The van der Waals surface area contributed by atoms with E-state index in [0.717, 1.165) is 30.3 Å². The van der Waals surface area contributed by atoms with Crippen LogP contribution in [0.15, 0.2) is 42.9 Å². The van der Waals surface area contributed by atoms with E-state index in [1.54, 1.807) is 35.8 Å². The Morgan fingerprint density at radius 3 is 2.71 bits per heavy atom. The second kappa shape index (κ2) is 19.3. The lowest BCUT2D eigenvalue weighted by atomic mass is 9.85. The molecule has 3 amide bonds. The van der Waals surface area contributed by atoms with Crippen molar-refractivity contribution in [3.8, 4) is 11.8 Å². The minimum Gasteiger partial charge on any atom is -0.382 e. The van der Waals surface area contributed by atoms with Crippen molar-refractivity contribution in [2.45, 2.75) is 81.7 Å². The van der Waals surface area contributed by atoms with Gasteiger partial charge in [-0.05, 0) is 56.6 Å². The van der Waals surface area contributed by atoms with E-state index in [-0.39, 0.29) is 54.8 Å². The van der Waals surface area contributed by atoms with E-state index in [9.17, 15) is 23.2 Å². The number of ether oxygens (including phenoxy) is 3. The number of nitrogens with zero attached hydrogens (tertiary/aromatic N) is 9. The number of alkyl halides is 3. The van der Waals surface area contributed by atoms with E-state index in [2.05, 4.69) is 42.7 Å². The molecule has 9 rings (SSSR count). The summed E-state index contributed by atoms with van der Waals surface area (Å²) in [5.41, 5.74) is 1.97. The summed E-state index contributed by atoms with van der Waals surface area (Å²) in [6, 6.07) is 7.29. The molecule has 3 aliphatic heterocycles. The van der Waals surface area contributed by atoms with Crippen LogP contribution in [0.2, 0.25) is 0 Å². The Balaban J connectivity index is 0.755. The van der Waals surface area contributed by atoms with Gasteiger partial charge in [0.15, 0.2) is 11.3 Å². The lowest BCUT2D eigenvalue weighted by molar-refractivity contribution is -0.134. The van der Waals surface area contributed by atoms with Crippen LogP contribution in [0, 0.1) is 17.8 Å². The van der Waals surface area contributed by atoms with Gasteiger partial charge in [-0.15, -0.1) is 0 Å². The number of fused-ring (bicyclic) bond motifs is 2. The van der Waals surface area contributed by atoms with Gasteiger partial charge in [0.2, 0.25) is 11.8 Å². The van der Waals surface area contributed by atoms with Crippen molar-refractivity contribution in [2.24, 2.45) is 13.0 Å². The molecule has 65 heavy (non-hydrogen) atoms. The SMILES string of the molecule is COCC1CN(c2ccn3ncc(C(=O)Nc4cn(C5CCC(CN6CC[C@H](OCC#Cc7cccc8c(C9CCC(=O)NC9=O)nn(C)c78)[C@H](F)C6)CC5)nc4C(F)F)c3n2)CCO1. The number of benzene rings is 1. The molecule has 344 valence electrons. The summed E-state index contributed by atoms with van der Waals surface area (Å²) in [5, 5.41) is 19.0. The van der Waals surface area contributed by atoms with E-state index < -0.39 is 36.2 Å². The number of rotatable bonds is 12. The van der Waals surface area contributed by atoms with Gasteiger partial charge in [0.05, 0.1) is 66.0 Å². The number of hydrogen-bond donors (Lipinski definition) is 2. The Hall–Kier alpha value is -5.88. The van der Waals surface area contributed by atoms with Crippen molar-refractivity contribution in [3.63, 3.8) is 0 Å². The molecular weight excluding hydrogens is 848 g/mol. The highest BCUT2D eigenvalue weighted by atomic mass is 19.3. The fourth-order valence-electron chi connectivity index (χ4n) is 9.66. The van der Waals surface area contributed by atoms with Crippen LogP contribution in [-0.2, 0) is 30.8 Å². The van der Waals surface area contributed by atoms with E-state index in [1.807, 2.05) is 23.1 Å². The smallest absolute Gasteiger partial charge is 0.284 e. The van der Waals surface area contributed by atoms with E-state index in [1.165, 1.54) is 16.9 Å². The summed E-state index contributed by atoms with van der Waals surface area (Å²) < 4.78 is 65.8. The maximum Gasteiger partial charge on any atom is 0.284 e. The molecular formula is C45H52F3N11O6. The van der Waals surface area contributed by atoms with Crippen molar-refractivity contribution in [1.29, 1.82) is 0 Å². The van der Waals surface area contributed by atoms with Gasteiger partial charge in [0.1, 0.15) is 24.2 Å². The number of methoxy groups -OCH3 is 1. The number of morpholine rings is 1. The molecule has 2 N–H and O–H groups in total. The van der Waals surface area contributed by atoms with Crippen LogP contribution in [0.1, 0.15) is 90.6 Å². The number of aromatic nitrogens is 7. The Labute approximate surface area is 372 Å². The molecule has 0 radical (unpaired) electrons. The van der Waals surface area contributed by atoms with Gasteiger partial charge < -0.3 is 24.4 Å². The zero-order chi connectivity index (χ0) is 45.2. The van der Waals surface area contributed by atoms with Crippen LogP contribution in [0.5, 0.6) is 0 Å². The minimum atomic E-state index is -2.91. The molecule has 1 aromatic carbocycles. The summed E-state index contributed by atoms with van der Waals surface area (Å²) in [6.07, 6.45) is 4.01. The normalized spacial score (nSPS) is 24.4. The Morgan fingerprint density at radius 2 is 1.92 bits per heavy atom. The number of para-hydroxylation sites is 1. The summed E-state index contributed by atoms with van der Waals surface area (Å²) in [4.78, 5) is 46.7. The van der Waals surface area contributed by atoms with Crippen LogP contribution in [-0.4, -0.2) is 135 Å². The molecule has 7 heterocycles. The van der Waals surface area contributed by atoms with Crippen LogP contribution in [0.4, 0.5) is 24.7 Å². The van der Waals surface area contributed by atoms with E-state index >= 15 is 4.39 Å². The van der Waals surface area contributed by atoms with Crippen LogP contribution < -0.4 is 15.5 Å². The molecule has 4 fully saturated rings. The largest absolute Gasteiger partial charge is 0.382 e. The molecule has 5 aromatic rings. The third kappa shape index (κ3) is 9.60. The average molecular weight is 900 g/mol. The van der Waals surface area contributed by atoms with Crippen LogP contribution >= 0.6 is 0 Å². The highest BCUT2D eigenvalue weighted by molar-refractivity contribution is 6.08. The third-order valence-electron chi connectivity index (χ3n) is 13.0. The fourth-order valence-corrected chi connectivity index (χ4v) is 9.66. The molecule has 4 aliphatic rings. The summed E-state index contributed by atoms with van der Waals surface area (Å²) in [7, 11) is 3.41. The van der Waals surface area contributed by atoms with Gasteiger partial charge in [-0.25, -0.2) is 22.7 Å². The molecule has 4 atom stereocenters. The number of nitrogens with one attached hydrogen (secondary N) is 2. The number of aryl methyl sites for hydroxylation is 1. The standard InChI is InChI=1S/C45H52F3N11O6/c1-55-41-28(5-3-7-31(41)39(53-55)32-12-13-38(60)52-44(32)61)6-4-19-65-36-14-16-56(24-34(36)46)22-27-8-10-29(11-9-27)59-25-35(40(54-59)42(47)48)50-45(62)33-21-49-58-17-15-37(51-43(33)58)57-18-20-64-30(23-57)26-63-2/h3,5,7,15,17,21,25,27,29-30,32,34,36,42H,8-14,16,18-20,22-24,26H2,1-2H3,(H,50,62)(H,52,60,61)/t27?,29?,30?,32?,34-,36+/m1/s1. The topological polar surface area (TPSA) is 175 Å². The van der Waals surface area contributed by atoms with Crippen LogP contribution in [0.3, 0.4) is 0 Å². The van der Waals surface area contributed by atoms with E-state index in [0.29, 0.717) is 87.2 Å². The first kappa shape index (κ1) is 44.3. The number of imide groups is 1. The fraction of sp³-hybridized carbons (Fsp3) is 0.533. The van der Waals surface area contributed by atoms with Gasteiger partial charge in [-0.1, -0.05) is 24.0 Å². The second-order valence-corrected chi connectivity index (χ2v) is 17.3. The number of carbonyl (C=O) groups excluding carboxylic acids is 3. The summed E-state index contributed by atoms with van der Waals surface area (Å²) in [6.45, 7) is 3.82. The molecule has 20 heteroatoms. The zero-order valence-electron chi connectivity index (χ0n) is 36.3. The van der Waals surface area contributed by atoms with Crippen molar-refractivity contribution >= 4 is 45.8 Å². The lowest BCUT2D eigenvalue weighted by Crippen LogP contribution is -2.47. The van der Waals surface area contributed by atoms with Gasteiger partial charge in [0.25, 0.3) is 12.3 Å². The first-order chi connectivity index (χ1) is 31.5. The molecule has 0 bridgehead atoms. The Bertz CT molecular complexity index is 2610. The number of halogens is 3. The molecule has 3 saturated heterocycles. The highest BCUT2D eigenvalue weighted by Crippen LogP contribution is 2.36. The number of amides is 3. The predicted molar refractivity (Wildman–Crippen MR) is 231 cm³/mol. The monoisotopic (exact) mass is 899 g/mol. The molecule has 2 unspecified atom stereocenters. The van der Waals surface area contributed by atoms with Gasteiger partial charge in [-0.3, -0.25) is 34.0 Å². The summed E-state index contributed by atoms with van der Waals surface area (Å²) >= 11 is 0. The first-order valence-electron chi connectivity index (χ1n) is 22.2. The highest BCUT2D eigenvalue weighted by Gasteiger charge is 2.34. The number of carbonyl (C=O) groups is 3.